The average Bonchev–Trinajstić information content (AvgIpc) is 3.19. The molecule has 3 atom stereocenters. The zero-order chi connectivity index (χ0) is 43.6. The van der Waals surface area contributed by atoms with Gasteiger partial charge in [-0.05, 0) is 70.6 Å². The number of carbonyl (C=O) groups excluding carboxylic acids is 1. The van der Waals surface area contributed by atoms with E-state index in [1.54, 1.807) is 0 Å². The number of hydrogen-bond donors (Lipinski definition) is 2. The van der Waals surface area contributed by atoms with Crippen molar-refractivity contribution in [3.63, 3.8) is 0 Å². The summed E-state index contributed by atoms with van der Waals surface area (Å²) in [5.41, 5.74) is 0. The number of phosphoric ester groups is 1. The Labute approximate surface area is 363 Å². The second-order valence-corrected chi connectivity index (χ2v) is 18.1. The van der Waals surface area contributed by atoms with Gasteiger partial charge < -0.3 is 28.8 Å². The number of unbranched alkanes of at least 4 members (excludes halogenated alkanes) is 14. The van der Waals surface area contributed by atoms with E-state index in [2.05, 4.69) is 104 Å². The number of quaternary nitrogens is 1. The lowest BCUT2D eigenvalue weighted by Gasteiger charge is -2.30. The van der Waals surface area contributed by atoms with Crippen LogP contribution in [-0.2, 0) is 18.4 Å². The van der Waals surface area contributed by atoms with Gasteiger partial charge in [0, 0.05) is 6.42 Å². The quantitative estimate of drug-likeness (QED) is 0.0275. The predicted molar refractivity (Wildman–Crippen MR) is 251 cm³/mol. The highest BCUT2D eigenvalue weighted by Gasteiger charge is 2.24. The van der Waals surface area contributed by atoms with Gasteiger partial charge in [-0.25, -0.2) is 0 Å². The molecule has 1 amide bonds. The highest BCUT2D eigenvalue weighted by Crippen LogP contribution is 2.38. The van der Waals surface area contributed by atoms with E-state index in [0.29, 0.717) is 23.9 Å². The van der Waals surface area contributed by atoms with Gasteiger partial charge in [-0.1, -0.05) is 182 Å². The first-order valence-electron chi connectivity index (χ1n) is 23.4. The van der Waals surface area contributed by atoms with Crippen molar-refractivity contribution in [3.05, 3.63) is 85.1 Å². The lowest BCUT2D eigenvalue weighted by Crippen LogP contribution is -2.46. The molecular weight excluding hydrogens is 756 g/mol. The van der Waals surface area contributed by atoms with Gasteiger partial charge in [0.05, 0.1) is 39.9 Å². The zero-order valence-electron chi connectivity index (χ0n) is 38.4. The monoisotopic (exact) mass is 845 g/mol. The van der Waals surface area contributed by atoms with Crippen molar-refractivity contribution in [3.8, 4) is 0 Å². The Morgan fingerprint density at radius 3 is 1.51 bits per heavy atom. The van der Waals surface area contributed by atoms with Crippen LogP contribution < -0.4 is 10.2 Å². The van der Waals surface area contributed by atoms with E-state index in [-0.39, 0.29) is 19.1 Å². The molecule has 0 spiro atoms. The van der Waals surface area contributed by atoms with Gasteiger partial charge in [0.25, 0.3) is 7.82 Å². The molecule has 0 aromatic carbocycles. The minimum atomic E-state index is -4.56. The van der Waals surface area contributed by atoms with Gasteiger partial charge in [-0.15, -0.1) is 0 Å². The number of nitrogens with one attached hydrogen (secondary N) is 1. The van der Waals surface area contributed by atoms with Crippen LogP contribution in [0.25, 0.3) is 0 Å². The smallest absolute Gasteiger partial charge is 0.268 e. The van der Waals surface area contributed by atoms with Crippen molar-refractivity contribution < 1.29 is 32.9 Å². The van der Waals surface area contributed by atoms with Crippen molar-refractivity contribution in [2.75, 3.05) is 40.9 Å². The number of rotatable bonds is 41. The molecule has 0 rings (SSSR count). The van der Waals surface area contributed by atoms with E-state index in [0.717, 1.165) is 89.9 Å². The Morgan fingerprint density at radius 1 is 0.610 bits per heavy atom. The minimum Gasteiger partial charge on any atom is -0.756 e. The molecular formula is C50H89N2O6P. The Balaban J connectivity index is 4.04. The topological polar surface area (TPSA) is 108 Å². The molecule has 0 radical (unpaired) electrons. The second-order valence-electron chi connectivity index (χ2n) is 16.7. The standard InChI is InChI=1S/C50H89N2O6P/c1-6-8-10-12-14-15-16-17-18-19-20-21-22-23-24-25-26-27-28-29-30-31-32-33-34-35-36-37-38-40-42-44-50(54)51-48(49(53)43-41-39-13-11-9-7-2)47-58-59(55,56)57-46-45-52(3,4)5/h8,10,14-15,17-18,20-21,23-24,26-27,29-30,48-49,53H,6-7,9,11-13,16,19,22,25,28,31-47H2,1-5H3,(H-,51,54,55,56)/b10-8-,15-14-,18-17-,21-20-,24-23-,27-26-,30-29-. The number of nitrogens with zero attached hydrogens (tertiary/aromatic N) is 1. The number of hydrogen-bond acceptors (Lipinski definition) is 6. The fourth-order valence-electron chi connectivity index (χ4n) is 6.19. The molecule has 0 saturated heterocycles. The molecule has 8 nitrogen and oxygen atoms in total. The Hall–Kier alpha value is -2.32. The number of aliphatic hydroxyl groups is 1. The number of amides is 1. The van der Waals surface area contributed by atoms with Crippen molar-refractivity contribution in [1.29, 1.82) is 0 Å². The first kappa shape index (κ1) is 56.7. The van der Waals surface area contributed by atoms with Crippen LogP contribution in [0.4, 0.5) is 0 Å². The summed E-state index contributed by atoms with van der Waals surface area (Å²) >= 11 is 0. The van der Waals surface area contributed by atoms with Gasteiger partial charge in [0.15, 0.2) is 0 Å². The molecule has 9 heteroatoms. The summed E-state index contributed by atoms with van der Waals surface area (Å²) in [5.74, 6) is -0.182. The third-order valence-corrected chi connectivity index (χ3v) is 10.9. The Morgan fingerprint density at radius 2 is 1.03 bits per heavy atom. The maximum absolute atomic E-state index is 12.8. The molecule has 0 saturated carbocycles. The van der Waals surface area contributed by atoms with Gasteiger partial charge in [-0.2, -0.15) is 0 Å². The normalized spacial score (nSPS) is 15.0. The lowest BCUT2D eigenvalue weighted by molar-refractivity contribution is -0.870. The van der Waals surface area contributed by atoms with Crippen LogP contribution >= 0.6 is 7.82 Å². The summed E-state index contributed by atoms with van der Waals surface area (Å²) in [6.45, 7) is 4.51. The maximum Gasteiger partial charge on any atom is 0.268 e. The van der Waals surface area contributed by atoms with Gasteiger partial charge in [0.1, 0.15) is 13.2 Å². The molecule has 2 N–H and O–H groups in total. The maximum atomic E-state index is 12.8. The summed E-state index contributed by atoms with van der Waals surface area (Å²) in [6, 6.07) is -0.805. The highest BCUT2D eigenvalue weighted by atomic mass is 31.2. The molecule has 59 heavy (non-hydrogen) atoms. The predicted octanol–water partition coefficient (Wildman–Crippen LogP) is 12.7. The molecule has 3 unspecified atom stereocenters. The Kier molecular flexibility index (Phi) is 39.4. The van der Waals surface area contributed by atoms with E-state index in [9.17, 15) is 19.4 Å². The number of aliphatic hydroxyl groups excluding tert-OH is 1. The molecule has 0 aliphatic rings. The Bertz CT molecular complexity index is 1230. The third-order valence-electron chi connectivity index (χ3n) is 9.90. The molecule has 340 valence electrons. The van der Waals surface area contributed by atoms with E-state index >= 15 is 0 Å². The van der Waals surface area contributed by atoms with Crippen molar-refractivity contribution in [2.45, 2.75) is 187 Å². The van der Waals surface area contributed by atoms with Crippen LogP contribution in [0, 0.1) is 0 Å². The fraction of sp³-hybridized carbons (Fsp3) is 0.700. The number of allylic oxidation sites excluding steroid dienone is 14. The van der Waals surface area contributed by atoms with Crippen LogP contribution in [0.3, 0.4) is 0 Å². The summed E-state index contributed by atoms with van der Waals surface area (Å²) in [6.07, 6.45) is 56.3. The highest BCUT2D eigenvalue weighted by molar-refractivity contribution is 7.45. The van der Waals surface area contributed by atoms with Crippen molar-refractivity contribution >= 4 is 13.7 Å². The van der Waals surface area contributed by atoms with E-state index in [1.165, 1.54) is 57.8 Å². The molecule has 0 aliphatic carbocycles. The third kappa shape index (κ3) is 43.6. The first-order chi connectivity index (χ1) is 28.5. The zero-order valence-corrected chi connectivity index (χ0v) is 39.3. The largest absolute Gasteiger partial charge is 0.756 e. The molecule has 0 aliphatic heterocycles. The van der Waals surface area contributed by atoms with Crippen molar-refractivity contribution in [2.24, 2.45) is 0 Å². The van der Waals surface area contributed by atoms with Crippen molar-refractivity contribution in [1.82, 2.24) is 5.32 Å². The SMILES string of the molecule is CC/C=C\C/C=C\C/C=C\C/C=C\C/C=C\C/C=C\C/C=C\CCCCCCCCCCCC(=O)NC(COP(=O)([O-])OCC[N+](C)(C)C)C(O)CCCCCCCC. The lowest BCUT2D eigenvalue weighted by atomic mass is 10.0. The molecule has 0 aromatic rings. The fourth-order valence-corrected chi connectivity index (χ4v) is 6.92. The van der Waals surface area contributed by atoms with E-state index < -0.39 is 20.0 Å². The molecule has 0 bridgehead atoms. The minimum absolute atomic E-state index is 0.00601. The summed E-state index contributed by atoms with van der Waals surface area (Å²) in [7, 11) is 1.28. The van der Waals surface area contributed by atoms with Gasteiger partial charge in [-0.3, -0.25) is 9.36 Å². The van der Waals surface area contributed by atoms with Crippen LogP contribution in [0.2, 0.25) is 0 Å². The first-order valence-corrected chi connectivity index (χ1v) is 24.9. The number of likely N-dealkylation sites (N-methyl/N-ethyl adjacent to an activating group) is 1. The molecule has 0 heterocycles. The van der Waals surface area contributed by atoms with E-state index in [4.69, 9.17) is 9.05 Å². The van der Waals surface area contributed by atoms with Crippen LogP contribution in [0.1, 0.15) is 174 Å². The van der Waals surface area contributed by atoms with E-state index in [1.807, 2.05) is 21.1 Å². The van der Waals surface area contributed by atoms with Crippen LogP contribution in [0.15, 0.2) is 85.1 Å². The van der Waals surface area contributed by atoms with Gasteiger partial charge in [0.2, 0.25) is 5.91 Å². The van der Waals surface area contributed by atoms with Crippen LogP contribution in [-0.4, -0.2) is 68.5 Å². The molecule has 0 fully saturated rings. The summed E-state index contributed by atoms with van der Waals surface area (Å²) in [5, 5.41) is 13.7. The molecule has 0 aromatic heterocycles. The van der Waals surface area contributed by atoms with Crippen LogP contribution in [0.5, 0.6) is 0 Å². The number of carbonyl (C=O) groups is 1. The average molecular weight is 845 g/mol. The van der Waals surface area contributed by atoms with Gasteiger partial charge >= 0.3 is 0 Å². The number of phosphoric acid groups is 1. The second kappa shape index (κ2) is 41.1. The summed E-state index contributed by atoms with van der Waals surface area (Å²) < 4.78 is 23.1. The summed E-state index contributed by atoms with van der Waals surface area (Å²) in [4.78, 5) is 25.2.